The van der Waals surface area contributed by atoms with Gasteiger partial charge in [-0.05, 0) is 42.0 Å². The van der Waals surface area contributed by atoms with Crippen molar-refractivity contribution in [2.24, 2.45) is 0 Å². The molecule has 1 unspecified atom stereocenters. The van der Waals surface area contributed by atoms with E-state index in [1.807, 2.05) is 34.9 Å². The van der Waals surface area contributed by atoms with Crippen molar-refractivity contribution < 1.29 is 19.8 Å². The zero-order chi connectivity index (χ0) is 25.9. The molecule has 0 bridgehead atoms. The molecule has 1 saturated carbocycles. The first-order valence-corrected chi connectivity index (χ1v) is 12.9. The summed E-state index contributed by atoms with van der Waals surface area (Å²) >= 11 is 0. The first kappa shape index (κ1) is 24.6. The van der Waals surface area contributed by atoms with Gasteiger partial charge in [0.05, 0.1) is 11.5 Å². The monoisotopic (exact) mass is 498 g/mol. The number of nitrogens with zero attached hydrogens (tertiary/aromatic N) is 4. The molecule has 2 heterocycles. The molecule has 5 rings (SSSR count). The molecule has 1 aliphatic rings. The zero-order valence-electron chi connectivity index (χ0n) is 20.9. The average Bonchev–Trinajstić information content (AvgIpc) is 3.27. The Bertz CT molecular complexity index is 1460. The molecular weight excluding hydrogens is 468 g/mol. The Kier molecular flexibility index (Phi) is 6.99. The highest BCUT2D eigenvalue weighted by atomic mass is 16.4. The number of aromatic carboxylic acids is 1. The number of unbranched alkanes of at least 4 members (excludes halogenated alkanes) is 1. The lowest BCUT2D eigenvalue weighted by molar-refractivity contribution is -0.121. The van der Waals surface area contributed by atoms with E-state index in [2.05, 4.69) is 17.1 Å². The van der Waals surface area contributed by atoms with Crippen LogP contribution in [-0.2, 0) is 17.8 Å². The summed E-state index contributed by atoms with van der Waals surface area (Å²) in [4.78, 5) is 29.2. The first-order chi connectivity index (χ1) is 18.0. The van der Waals surface area contributed by atoms with Crippen molar-refractivity contribution in [3.8, 4) is 17.0 Å². The van der Waals surface area contributed by atoms with Gasteiger partial charge in [0, 0.05) is 19.4 Å². The number of carbonyl (C=O) groups is 2. The Balaban J connectivity index is 1.54. The lowest BCUT2D eigenvalue weighted by Gasteiger charge is -2.19. The van der Waals surface area contributed by atoms with E-state index in [9.17, 15) is 19.8 Å². The number of carboxylic acid groups (broad SMARTS) is 1. The molecule has 8 nitrogen and oxygen atoms in total. The van der Waals surface area contributed by atoms with Gasteiger partial charge in [-0.25, -0.2) is 9.78 Å². The molecule has 190 valence electrons. The van der Waals surface area contributed by atoms with Crippen molar-refractivity contribution >= 4 is 22.8 Å². The van der Waals surface area contributed by atoms with Crippen LogP contribution in [0.1, 0.15) is 78.8 Å². The van der Waals surface area contributed by atoms with Gasteiger partial charge in [-0.1, -0.05) is 62.2 Å². The number of rotatable bonds is 8. The number of ketones is 1. The maximum absolute atomic E-state index is 12.7. The number of carboxylic acids is 1. The van der Waals surface area contributed by atoms with Gasteiger partial charge in [0.1, 0.15) is 28.3 Å². The van der Waals surface area contributed by atoms with Crippen LogP contribution in [0.5, 0.6) is 5.88 Å². The molecule has 2 aromatic heterocycles. The molecular formula is C29H30N4O4. The number of carbonyl (C=O) groups excluding carboxylic acids is 1. The predicted octanol–water partition coefficient (Wildman–Crippen LogP) is 5.51. The summed E-state index contributed by atoms with van der Waals surface area (Å²) < 4.78 is 1.98. The van der Waals surface area contributed by atoms with Crippen LogP contribution in [0.4, 0.5) is 0 Å². The first-order valence-electron chi connectivity index (χ1n) is 12.9. The number of imidazole rings is 1. The van der Waals surface area contributed by atoms with Crippen molar-refractivity contribution in [2.45, 2.75) is 64.3 Å². The third-order valence-corrected chi connectivity index (χ3v) is 7.16. The Morgan fingerprint density at radius 2 is 1.86 bits per heavy atom. The zero-order valence-corrected chi connectivity index (χ0v) is 20.9. The van der Waals surface area contributed by atoms with Crippen LogP contribution >= 0.6 is 0 Å². The molecule has 0 amide bonds. The van der Waals surface area contributed by atoms with Crippen LogP contribution in [0.15, 0.2) is 48.5 Å². The quantitative estimate of drug-likeness (QED) is 0.329. The molecule has 2 N–H and O–H groups in total. The highest BCUT2D eigenvalue weighted by Gasteiger charge is 2.30. The summed E-state index contributed by atoms with van der Waals surface area (Å²) in [5.41, 5.74) is 4.34. The van der Waals surface area contributed by atoms with Crippen molar-refractivity contribution in [1.82, 2.24) is 19.7 Å². The Hall–Kier alpha value is -4.07. The smallest absolute Gasteiger partial charge is 0.336 e. The van der Waals surface area contributed by atoms with Gasteiger partial charge >= 0.3 is 5.97 Å². The number of hydrogen-bond donors (Lipinski definition) is 2. The average molecular weight is 499 g/mol. The number of aromatic hydroxyl groups is 1. The highest BCUT2D eigenvalue weighted by Crippen LogP contribution is 2.35. The maximum Gasteiger partial charge on any atom is 0.336 e. The molecule has 8 heteroatoms. The second-order valence-electron chi connectivity index (χ2n) is 9.64. The number of hydrogen-bond acceptors (Lipinski definition) is 6. The molecule has 0 aliphatic heterocycles. The molecule has 37 heavy (non-hydrogen) atoms. The van der Waals surface area contributed by atoms with Gasteiger partial charge in [-0.2, -0.15) is 0 Å². The number of Topliss-reactive ketones (excluding diaryl/α,β-unsaturated/α-hetero) is 1. The number of benzene rings is 2. The summed E-state index contributed by atoms with van der Waals surface area (Å²) in [7, 11) is 0. The van der Waals surface area contributed by atoms with Crippen molar-refractivity contribution in [2.75, 3.05) is 0 Å². The van der Waals surface area contributed by atoms with Crippen LogP contribution in [0.25, 0.3) is 22.2 Å². The van der Waals surface area contributed by atoms with Gasteiger partial charge in [-0.15, -0.1) is 10.2 Å². The molecule has 0 spiro atoms. The van der Waals surface area contributed by atoms with Crippen molar-refractivity contribution in [1.29, 1.82) is 0 Å². The van der Waals surface area contributed by atoms with E-state index < -0.39 is 5.97 Å². The van der Waals surface area contributed by atoms with E-state index in [1.54, 1.807) is 18.2 Å². The van der Waals surface area contributed by atoms with Gasteiger partial charge in [0.15, 0.2) is 0 Å². The van der Waals surface area contributed by atoms with Crippen molar-refractivity contribution in [3.05, 3.63) is 71.2 Å². The van der Waals surface area contributed by atoms with Crippen LogP contribution < -0.4 is 0 Å². The minimum atomic E-state index is -0.964. The molecule has 1 aliphatic carbocycles. The Morgan fingerprint density at radius 1 is 1.08 bits per heavy atom. The van der Waals surface area contributed by atoms with E-state index in [-0.39, 0.29) is 23.1 Å². The molecule has 0 radical (unpaired) electrons. The third kappa shape index (κ3) is 4.83. The van der Waals surface area contributed by atoms with Gasteiger partial charge in [0.25, 0.3) is 5.88 Å². The van der Waals surface area contributed by atoms with Gasteiger partial charge in [0.2, 0.25) is 0 Å². The van der Waals surface area contributed by atoms with E-state index in [4.69, 9.17) is 4.98 Å². The highest BCUT2D eigenvalue weighted by molar-refractivity contribution is 5.96. The Morgan fingerprint density at radius 3 is 2.59 bits per heavy atom. The lowest BCUT2D eigenvalue weighted by Crippen LogP contribution is -2.19. The summed E-state index contributed by atoms with van der Waals surface area (Å²) in [5.74, 6) is -0.500. The van der Waals surface area contributed by atoms with Crippen LogP contribution in [0, 0.1) is 0 Å². The van der Waals surface area contributed by atoms with E-state index in [0.29, 0.717) is 35.3 Å². The largest absolute Gasteiger partial charge is 0.491 e. The summed E-state index contributed by atoms with van der Waals surface area (Å²) in [6.07, 6.45) is 5.78. The second kappa shape index (κ2) is 10.5. The predicted molar refractivity (Wildman–Crippen MR) is 140 cm³/mol. The van der Waals surface area contributed by atoms with Gasteiger partial charge in [-0.3, -0.25) is 4.79 Å². The molecule has 4 aromatic rings. The minimum absolute atomic E-state index is 0.162. The standard InChI is InChI=1S/C29H30N4O4/c1-2-3-12-24-30-26-25(22-10-6-7-11-23(22)34)31-32-28(35)27(26)33(24)17-18-13-15-19(16-14-18)20-8-4-5-9-21(20)29(36)37/h4-5,8-9,13-16,22H,2-3,6-7,10-12,17H2,1H3,(H,32,35)(H,36,37). The van der Waals surface area contributed by atoms with Crippen molar-refractivity contribution in [3.63, 3.8) is 0 Å². The second-order valence-corrected chi connectivity index (χ2v) is 9.64. The normalized spacial score (nSPS) is 15.8. The van der Waals surface area contributed by atoms with Crippen LogP contribution in [-0.4, -0.2) is 41.7 Å². The maximum atomic E-state index is 12.7. The van der Waals surface area contributed by atoms with Gasteiger partial charge < -0.3 is 14.8 Å². The minimum Gasteiger partial charge on any atom is -0.491 e. The molecule has 2 aromatic carbocycles. The number of aromatic nitrogens is 4. The summed E-state index contributed by atoms with van der Waals surface area (Å²) in [6.45, 7) is 2.57. The fourth-order valence-electron chi connectivity index (χ4n) is 5.20. The van der Waals surface area contributed by atoms with E-state index in [1.165, 1.54) is 0 Å². The Labute approximate surface area is 215 Å². The third-order valence-electron chi connectivity index (χ3n) is 7.16. The SMILES string of the molecule is CCCCc1nc2c(C3CCCCC3=O)nnc(O)c2n1Cc1ccc(-c2ccccc2C(=O)O)cc1. The molecule has 0 saturated heterocycles. The summed E-state index contributed by atoms with van der Waals surface area (Å²) in [6, 6.07) is 14.7. The van der Waals surface area contributed by atoms with Crippen LogP contribution in [0.3, 0.4) is 0 Å². The fourth-order valence-corrected chi connectivity index (χ4v) is 5.20. The molecule has 1 atom stereocenters. The molecule has 1 fully saturated rings. The summed E-state index contributed by atoms with van der Waals surface area (Å²) in [5, 5.41) is 28.6. The van der Waals surface area contributed by atoms with Crippen LogP contribution in [0.2, 0.25) is 0 Å². The number of fused-ring (bicyclic) bond motifs is 1. The fraction of sp³-hybridized carbons (Fsp3) is 0.345. The number of aryl methyl sites for hydroxylation is 1. The lowest BCUT2D eigenvalue weighted by atomic mass is 9.85. The topological polar surface area (TPSA) is 118 Å². The van der Waals surface area contributed by atoms with E-state index >= 15 is 0 Å². The van der Waals surface area contributed by atoms with E-state index in [0.717, 1.165) is 55.5 Å².